The third kappa shape index (κ3) is 4.41. The Kier molecular flexibility index (Phi) is 5.99. The minimum atomic E-state index is 0.587. The fourth-order valence-electron chi connectivity index (χ4n) is 1.83. The molecule has 0 fully saturated rings. The smallest absolute Gasteiger partial charge is 0.183 e. The molecule has 0 atom stereocenters. The predicted molar refractivity (Wildman–Crippen MR) is 90.2 cm³/mol. The van der Waals surface area contributed by atoms with Gasteiger partial charge in [-0.3, -0.25) is 0 Å². The summed E-state index contributed by atoms with van der Waals surface area (Å²) in [7, 11) is 0. The Morgan fingerprint density at radius 3 is 2.38 bits per heavy atom. The summed E-state index contributed by atoms with van der Waals surface area (Å²) in [4.78, 5) is 0. The van der Waals surface area contributed by atoms with Crippen LogP contribution in [0.25, 0.3) is 0 Å². The van der Waals surface area contributed by atoms with Gasteiger partial charge in [-0.25, -0.2) is 0 Å². The van der Waals surface area contributed by atoms with Crippen LogP contribution < -0.4 is 14.8 Å². The van der Waals surface area contributed by atoms with Crippen LogP contribution in [0.2, 0.25) is 0 Å². The highest BCUT2D eigenvalue weighted by Gasteiger charge is 2.08. The molecule has 2 aromatic rings. The molecule has 0 unspecified atom stereocenters. The minimum absolute atomic E-state index is 0.587. The van der Waals surface area contributed by atoms with E-state index in [0.717, 1.165) is 27.4 Å². The first-order valence-corrected chi connectivity index (χ1v) is 8.29. The van der Waals surface area contributed by atoms with Crippen molar-refractivity contribution in [2.24, 2.45) is 0 Å². The van der Waals surface area contributed by atoms with Crippen LogP contribution in [0.5, 0.6) is 11.5 Å². The number of nitrogens with one attached hydrogen (secondary N) is 1. The average molecular weight is 419 g/mol. The highest BCUT2D eigenvalue weighted by molar-refractivity contribution is 9.13. The molecule has 0 aliphatic heterocycles. The van der Waals surface area contributed by atoms with Crippen molar-refractivity contribution in [3.05, 3.63) is 39.2 Å². The van der Waals surface area contributed by atoms with Crippen LogP contribution in [0.3, 0.4) is 0 Å². The van der Waals surface area contributed by atoms with Gasteiger partial charge in [-0.15, -0.1) is 0 Å². The summed E-state index contributed by atoms with van der Waals surface area (Å²) in [6, 6.07) is 7.72. The van der Waals surface area contributed by atoms with Crippen molar-refractivity contribution in [1.82, 2.24) is 0 Å². The van der Waals surface area contributed by atoms with Gasteiger partial charge >= 0.3 is 0 Å². The van der Waals surface area contributed by atoms with E-state index in [0.29, 0.717) is 24.4 Å². The fraction of sp³-hybridized carbons (Fsp3) is 0.333. The molecule has 1 heterocycles. The van der Waals surface area contributed by atoms with Crippen molar-refractivity contribution in [2.75, 3.05) is 18.5 Å². The van der Waals surface area contributed by atoms with Crippen LogP contribution >= 0.6 is 31.9 Å². The molecule has 6 heteroatoms. The quantitative estimate of drug-likeness (QED) is 0.669. The topological polar surface area (TPSA) is 43.6 Å². The van der Waals surface area contributed by atoms with Crippen LogP contribution in [0, 0.1) is 0 Å². The molecule has 0 aliphatic carbocycles. The molecule has 0 bridgehead atoms. The van der Waals surface area contributed by atoms with Crippen molar-refractivity contribution < 1.29 is 13.9 Å². The number of halogens is 2. The number of ether oxygens (including phenoxy) is 2. The van der Waals surface area contributed by atoms with E-state index in [1.165, 1.54) is 0 Å². The first-order valence-electron chi connectivity index (χ1n) is 6.71. The minimum Gasteiger partial charge on any atom is -0.490 e. The molecule has 4 nitrogen and oxygen atoms in total. The molecule has 0 saturated carbocycles. The Balaban J connectivity index is 2.07. The van der Waals surface area contributed by atoms with E-state index in [1.807, 2.05) is 38.1 Å². The lowest BCUT2D eigenvalue weighted by molar-refractivity contribution is 0.288. The van der Waals surface area contributed by atoms with E-state index >= 15 is 0 Å². The summed E-state index contributed by atoms with van der Waals surface area (Å²) in [6.45, 7) is 5.70. The maximum absolute atomic E-state index is 5.60. The van der Waals surface area contributed by atoms with Gasteiger partial charge < -0.3 is 19.2 Å². The largest absolute Gasteiger partial charge is 0.490 e. The number of furan rings is 1. The van der Waals surface area contributed by atoms with E-state index in [1.54, 1.807) is 0 Å². The lowest BCUT2D eigenvalue weighted by atomic mass is 10.2. The molecule has 0 saturated heterocycles. The Morgan fingerprint density at radius 2 is 1.76 bits per heavy atom. The number of benzene rings is 1. The highest BCUT2D eigenvalue weighted by atomic mass is 79.9. The van der Waals surface area contributed by atoms with Gasteiger partial charge in [0, 0.05) is 11.8 Å². The van der Waals surface area contributed by atoms with Crippen molar-refractivity contribution in [3.63, 3.8) is 0 Å². The van der Waals surface area contributed by atoms with Gasteiger partial charge in [0.05, 0.1) is 24.2 Å². The number of hydrogen-bond donors (Lipinski definition) is 1. The van der Waals surface area contributed by atoms with Crippen molar-refractivity contribution in [2.45, 2.75) is 20.4 Å². The van der Waals surface area contributed by atoms with Crippen LogP contribution in [-0.4, -0.2) is 13.2 Å². The number of rotatable bonds is 7. The number of anilines is 1. The molecular formula is C15H17Br2NO3. The zero-order chi connectivity index (χ0) is 15.2. The predicted octanol–water partition coefficient (Wildman–Crippen LogP) is 5.21. The molecule has 21 heavy (non-hydrogen) atoms. The van der Waals surface area contributed by atoms with Gasteiger partial charge in [-0.2, -0.15) is 0 Å². The molecule has 0 spiro atoms. The Labute approximate surface area is 141 Å². The average Bonchev–Trinajstić information content (AvgIpc) is 2.78. The summed E-state index contributed by atoms with van der Waals surface area (Å²) in [5, 5.41) is 3.30. The van der Waals surface area contributed by atoms with E-state index in [9.17, 15) is 0 Å². The third-order valence-electron chi connectivity index (χ3n) is 2.71. The first-order chi connectivity index (χ1) is 10.1. The van der Waals surface area contributed by atoms with E-state index in [2.05, 4.69) is 37.2 Å². The molecule has 114 valence electrons. The molecule has 1 aromatic carbocycles. The lowest BCUT2D eigenvalue weighted by Crippen LogP contribution is -2.01. The normalized spacial score (nSPS) is 10.5. The van der Waals surface area contributed by atoms with Crippen LogP contribution in [0.15, 0.2) is 37.8 Å². The molecule has 2 rings (SSSR count). The lowest BCUT2D eigenvalue weighted by Gasteiger charge is -2.13. The number of hydrogen-bond acceptors (Lipinski definition) is 4. The summed E-state index contributed by atoms with van der Waals surface area (Å²) >= 11 is 6.72. The first kappa shape index (κ1) is 16.2. The summed E-state index contributed by atoms with van der Waals surface area (Å²) in [6.07, 6.45) is 0. The molecule has 0 radical (unpaired) electrons. The van der Waals surface area contributed by atoms with Crippen LogP contribution in [-0.2, 0) is 6.54 Å². The monoisotopic (exact) mass is 417 g/mol. The van der Waals surface area contributed by atoms with Crippen LogP contribution in [0.4, 0.5) is 5.69 Å². The van der Waals surface area contributed by atoms with Gasteiger partial charge in [-0.05, 0) is 63.9 Å². The van der Waals surface area contributed by atoms with Crippen molar-refractivity contribution in [1.29, 1.82) is 0 Å². The zero-order valence-corrected chi connectivity index (χ0v) is 15.1. The Bertz CT molecular complexity index is 579. The molecular weight excluding hydrogens is 402 g/mol. The second-order valence-electron chi connectivity index (χ2n) is 4.22. The van der Waals surface area contributed by atoms with E-state index in [4.69, 9.17) is 13.9 Å². The summed E-state index contributed by atoms with van der Waals surface area (Å²) in [5.74, 6) is 2.33. The van der Waals surface area contributed by atoms with E-state index in [-0.39, 0.29) is 0 Å². The second-order valence-corrected chi connectivity index (χ2v) is 5.79. The van der Waals surface area contributed by atoms with E-state index < -0.39 is 0 Å². The van der Waals surface area contributed by atoms with Crippen LogP contribution in [0.1, 0.15) is 19.6 Å². The molecule has 0 amide bonds. The molecule has 1 aromatic heterocycles. The molecule has 1 N–H and O–H groups in total. The standard InChI is InChI=1S/C15H17Br2NO3/c1-3-19-13-6-5-10(7-14(13)20-4-2)18-9-11-8-12(16)15(17)21-11/h5-8,18H,3-4,9H2,1-2H3. The summed E-state index contributed by atoms with van der Waals surface area (Å²) in [5.41, 5.74) is 0.950. The van der Waals surface area contributed by atoms with Gasteiger partial charge in [0.25, 0.3) is 0 Å². The second kappa shape index (κ2) is 7.75. The van der Waals surface area contributed by atoms with Gasteiger partial charge in [-0.1, -0.05) is 0 Å². The fourth-order valence-corrected chi connectivity index (χ4v) is 2.49. The maximum atomic E-state index is 5.60. The Hall–Kier alpha value is -1.14. The summed E-state index contributed by atoms with van der Waals surface area (Å²) < 4.78 is 18.3. The van der Waals surface area contributed by atoms with Crippen molar-refractivity contribution >= 4 is 37.5 Å². The highest BCUT2D eigenvalue weighted by Crippen LogP contribution is 2.31. The maximum Gasteiger partial charge on any atom is 0.183 e. The van der Waals surface area contributed by atoms with Gasteiger partial charge in [0.1, 0.15) is 5.76 Å². The Morgan fingerprint density at radius 1 is 1.05 bits per heavy atom. The van der Waals surface area contributed by atoms with Gasteiger partial charge in [0.2, 0.25) is 0 Å². The molecule has 0 aliphatic rings. The van der Waals surface area contributed by atoms with Crippen molar-refractivity contribution in [3.8, 4) is 11.5 Å². The van der Waals surface area contributed by atoms with Gasteiger partial charge in [0.15, 0.2) is 16.2 Å². The SMILES string of the molecule is CCOc1ccc(NCc2cc(Br)c(Br)o2)cc1OCC. The third-order valence-corrected chi connectivity index (χ3v) is 4.42. The zero-order valence-electron chi connectivity index (χ0n) is 11.9.